The number of carbonyl (C=O) groups excluding carboxylic acids is 2. The molecule has 7 nitrogen and oxygen atoms in total. The Bertz CT molecular complexity index is 963. The molecule has 0 saturated heterocycles. The van der Waals surface area contributed by atoms with Crippen molar-refractivity contribution in [1.29, 1.82) is 0 Å². The van der Waals surface area contributed by atoms with Crippen molar-refractivity contribution in [2.75, 3.05) is 17.7 Å². The number of benzene rings is 2. The van der Waals surface area contributed by atoms with E-state index in [0.29, 0.717) is 12.7 Å². The van der Waals surface area contributed by atoms with Crippen LogP contribution in [-0.4, -0.2) is 37.3 Å². The van der Waals surface area contributed by atoms with E-state index in [4.69, 9.17) is 0 Å². The predicted molar refractivity (Wildman–Crippen MR) is 101 cm³/mol. The van der Waals surface area contributed by atoms with Crippen molar-refractivity contribution >= 4 is 23.4 Å². The number of alkyl halides is 6. The van der Waals surface area contributed by atoms with Crippen LogP contribution in [0.15, 0.2) is 48.5 Å². The van der Waals surface area contributed by atoms with E-state index in [1.807, 2.05) is 10.6 Å². The van der Waals surface area contributed by atoms with Gasteiger partial charge >= 0.3 is 30.2 Å². The van der Waals surface area contributed by atoms with Gasteiger partial charge in [-0.3, -0.25) is 5.32 Å². The van der Waals surface area contributed by atoms with Gasteiger partial charge in [-0.05, 0) is 48.9 Å². The third-order valence-electron chi connectivity index (χ3n) is 3.91. The molecule has 0 unspecified atom stereocenters. The minimum Gasteiger partial charge on any atom is -0.466 e. The van der Waals surface area contributed by atoms with Crippen molar-refractivity contribution in [2.45, 2.75) is 25.1 Å². The Kier molecular flexibility index (Phi) is 7.11. The second kappa shape index (κ2) is 9.24. The lowest BCUT2D eigenvalue weighted by Crippen LogP contribution is -2.69. The summed E-state index contributed by atoms with van der Waals surface area (Å²) >= 11 is 0. The third kappa shape index (κ3) is 6.18. The van der Waals surface area contributed by atoms with E-state index in [-0.39, 0.29) is 11.4 Å². The maximum absolute atomic E-state index is 14.0. The molecule has 32 heavy (non-hydrogen) atoms. The Morgan fingerprint density at radius 3 is 2.03 bits per heavy atom. The average Bonchev–Trinajstić information content (AvgIpc) is 2.66. The quantitative estimate of drug-likeness (QED) is 0.331. The molecule has 2 amide bonds. The van der Waals surface area contributed by atoms with Gasteiger partial charge in [-0.25, -0.2) is 9.59 Å². The molecular weight excluding hydrogens is 448 g/mol. The zero-order valence-corrected chi connectivity index (χ0v) is 16.5. The van der Waals surface area contributed by atoms with E-state index in [1.54, 1.807) is 13.0 Å². The van der Waals surface area contributed by atoms with E-state index in [9.17, 15) is 35.9 Å². The number of aryl methyl sites for hydroxylation is 1. The van der Waals surface area contributed by atoms with Crippen LogP contribution in [0.5, 0.6) is 5.75 Å². The summed E-state index contributed by atoms with van der Waals surface area (Å²) in [5.74, 6) is -2.46. The SMILES string of the molecule is COC(=O)[C@@](NC(=O)Nc1ccc(OC(F)(F)F)cc1)(Nc1cccc(C)c1)C(F)(F)F. The number of rotatable bonds is 6. The van der Waals surface area contributed by atoms with Crippen molar-refractivity contribution in [3.8, 4) is 5.75 Å². The molecule has 0 aliphatic rings. The molecule has 2 aromatic carbocycles. The lowest BCUT2D eigenvalue weighted by Gasteiger charge is -2.35. The van der Waals surface area contributed by atoms with Gasteiger partial charge in [0.1, 0.15) is 5.75 Å². The molecule has 0 aromatic heterocycles. The molecule has 2 aromatic rings. The van der Waals surface area contributed by atoms with Crippen molar-refractivity contribution in [1.82, 2.24) is 5.32 Å². The molecular formula is C19H17F6N3O4. The first-order valence-electron chi connectivity index (χ1n) is 8.71. The number of urea groups is 1. The average molecular weight is 465 g/mol. The predicted octanol–water partition coefficient (Wildman–Crippen LogP) is 4.56. The maximum Gasteiger partial charge on any atom is 0.573 e. The van der Waals surface area contributed by atoms with Gasteiger partial charge in [-0.2, -0.15) is 13.2 Å². The van der Waals surface area contributed by atoms with E-state index in [2.05, 4.69) is 9.47 Å². The molecule has 174 valence electrons. The molecule has 0 aliphatic heterocycles. The molecule has 0 aliphatic carbocycles. The highest BCUT2D eigenvalue weighted by molar-refractivity contribution is 5.96. The van der Waals surface area contributed by atoms with Crippen molar-refractivity contribution in [3.05, 3.63) is 54.1 Å². The molecule has 0 spiro atoms. The third-order valence-corrected chi connectivity index (χ3v) is 3.91. The van der Waals surface area contributed by atoms with E-state index in [0.717, 1.165) is 24.3 Å². The lowest BCUT2D eigenvalue weighted by molar-refractivity contribution is -0.274. The molecule has 3 N–H and O–H groups in total. The van der Waals surface area contributed by atoms with Crippen LogP contribution in [-0.2, 0) is 9.53 Å². The fourth-order valence-electron chi connectivity index (χ4n) is 2.56. The van der Waals surface area contributed by atoms with E-state index in [1.165, 1.54) is 23.5 Å². The Balaban J connectivity index is 2.28. The summed E-state index contributed by atoms with van der Waals surface area (Å²) < 4.78 is 86.5. The number of nitrogens with one attached hydrogen (secondary N) is 3. The maximum atomic E-state index is 14.0. The number of esters is 1. The van der Waals surface area contributed by atoms with Gasteiger partial charge in [0.2, 0.25) is 0 Å². The van der Waals surface area contributed by atoms with Crippen LogP contribution < -0.4 is 20.7 Å². The highest BCUT2D eigenvalue weighted by atomic mass is 19.4. The second-order valence-electron chi connectivity index (χ2n) is 6.39. The molecule has 0 bridgehead atoms. The summed E-state index contributed by atoms with van der Waals surface area (Å²) in [7, 11) is 0.708. The number of amides is 2. The molecule has 0 heterocycles. The normalized spacial score (nSPS) is 13.5. The lowest BCUT2D eigenvalue weighted by atomic mass is 10.1. The number of ether oxygens (including phenoxy) is 2. The fourth-order valence-corrected chi connectivity index (χ4v) is 2.56. The Morgan fingerprint density at radius 1 is 0.906 bits per heavy atom. The first-order valence-corrected chi connectivity index (χ1v) is 8.71. The number of carbonyl (C=O) groups is 2. The fraction of sp³-hybridized carbons (Fsp3) is 0.263. The van der Waals surface area contributed by atoms with E-state index >= 15 is 0 Å². The molecule has 2 rings (SSSR count). The van der Waals surface area contributed by atoms with Crippen molar-refractivity contribution < 1.29 is 45.4 Å². The van der Waals surface area contributed by atoms with Gasteiger partial charge in [-0.1, -0.05) is 12.1 Å². The monoisotopic (exact) mass is 465 g/mol. The Morgan fingerprint density at radius 2 is 1.53 bits per heavy atom. The minimum absolute atomic E-state index is 0.137. The summed E-state index contributed by atoms with van der Waals surface area (Å²) in [6.07, 6.45) is -10.3. The van der Waals surface area contributed by atoms with Crippen LogP contribution >= 0.6 is 0 Å². The standard InChI is InChI=1S/C19H17F6N3O4/c1-11-4-3-5-13(10-11)27-17(15(29)31-2,18(20,21)22)28-16(30)26-12-6-8-14(9-7-12)32-19(23,24)25/h3-10,27H,1-2H3,(H2,26,28,30)/t17-/m0/s1. The van der Waals surface area contributed by atoms with Crippen molar-refractivity contribution in [2.24, 2.45) is 0 Å². The zero-order chi connectivity index (χ0) is 24.2. The Hall–Kier alpha value is -3.64. The van der Waals surface area contributed by atoms with Crippen LogP contribution in [0.25, 0.3) is 0 Å². The number of anilines is 2. The number of hydrogen-bond acceptors (Lipinski definition) is 5. The van der Waals surface area contributed by atoms with Gasteiger partial charge in [0.05, 0.1) is 7.11 Å². The highest BCUT2D eigenvalue weighted by Gasteiger charge is 2.63. The van der Waals surface area contributed by atoms with Crippen molar-refractivity contribution in [3.63, 3.8) is 0 Å². The van der Waals surface area contributed by atoms with Crippen LogP contribution in [0.4, 0.5) is 42.5 Å². The molecule has 1 atom stereocenters. The van der Waals surface area contributed by atoms with Crippen LogP contribution in [0.2, 0.25) is 0 Å². The summed E-state index contributed by atoms with van der Waals surface area (Å²) in [4.78, 5) is 24.4. The van der Waals surface area contributed by atoms with Gasteiger partial charge < -0.3 is 20.1 Å². The number of methoxy groups -OCH3 is 1. The minimum atomic E-state index is -5.36. The molecule has 13 heteroatoms. The first-order chi connectivity index (χ1) is 14.8. The van der Waals surface area contributed by atoms with E-state index < -0.39 is 36.0 Å². The summed E-state index contributed by atoms with van der Waals surface area (Å²) in [5.41, 5.74) is -3.41. The van der Waals surface area contributed by atoms with Gasteiger partial charge in [0.25, 0.3) is 0 Å². The smallest absolute Gasteiger partial charge is 0.466 e. The summed E-state index contributed by atoms with van der Waals surface area (Å²) in [5, 5.41) is 5.48. The first kappa shape index (κ1) is 24.6. The van der Waals surface area contributed by atoms with Crippen LogP contribution in [0, 0.1) is 6.92 Å². The van der Waals surface area contributed by atoms with Gasteiger partial charge in [-0.15, -0.1) is 13.2 Å². The second-order valence-corrected chi connectivity index (χ2v) is 6.39. The summed E-state index contributed by atoms with van der Waals surface area (Å²) in [6, 6.07) is 7.70. The van der Waals surface area contributed by atoms with Crippen LogP contribution in [0.3, 0.4) is 0 Å². The topological polar surface area (TPSA) is 88.7 Å². The zero-order valence-electron chi connectivity index (χ0n) is 16.5. The molecule has 0 fully saturated rings. The Labute approximate surface area is 177 Å². The molecule has 0 saturated carbocycles. The number of hydrogen-bond donors (Lipinski definition) is 3. The van der Waals surface area contributed by atoms with Gasteiger partial charge in [0.15, 0.2) is 0 Å². The largest absolute Gasteiger partial charge is 0.573 e. The van der Waals surface area contributed by atoms with Crippen LogP contribution in [0.1, 0.15) is 5.56 Å². The van der Waals surface area contributed by atoms with Gasteiger partial charge in [0, 0.05) is 11.4 Å². The summed E-state index contributed by atoms with van der Waals surface area (Å²) in [6.45, 7) is 1.60. The highest BCUT2D eigenvalue weighted by Crippen LogP contribution is 2.33. The number of halogens is 6. The molecule has 0 radical (unpaired) electrons.